The van der Waals surface area contributed by atoms with Crippen LogP contribution in [0.1, 0.15) is 35.6 Å². The molecule has 0 spiro atoms. The Balaban J connectivity index is 1.89. The summed E-state index contributed by atoms with van der Waals surface area (Å²) in [5.74, 6) is -0.648. The number of carbonyl (C=O) groups excluding carboxylic acids is 2. The highest BCUT2D eigenvalue weighted by molar-refractivity contribution is 6.04. The van der Waals surface area contributed by atoms with E-state index in [1.54, 1.807) is 26.0 Å². The molecule has 0 radical (unpaired) electrons. The maximum absolute atomic E-state index is 12.0. The first-order valence-corrected chi connectivity index (χ1v) is 8.40. The number of hydrogen-bond donors (Lipinski definition) is 3. The van der Waals surface area contributed by atoms with Crippen LogP contribution in [0.25, 0.3) is 0 Å². The van der Waals surface area contributed by atoms with Gasteiger partial charge in [-0.3, -0.25) is 9.59 Å². The van der Waals surface area contributed by atoms with Crippen molar-refractivity contribution in [2.75, 3.05) is 5.32 Å². The highest BCUT2D eigenvalue weighted by Gasteiger charge is 2.10. The van der Waals surface area contributed by atoms with Crippen molar-refractivity contribution in [3.63, 3.8) is 0 Å². The van der Waals surface area contributed by atoms with Crippen LogP contribution in [0.4, 0.5) is 5.69 Å². The van der Waals surface area contributed by atoms with Gasteiger partial charge in [-0.1, -0.05) is 25.1 Å². The number of aromatic hydroxyl groups is 1. The first kappa shape index (κ1) is 19.2. The van der Waals surface area contributed by atoms with Gasteiger partial charge < -0.3 is 10.4 Å². The largest absolute Gasteiger partial charge is 0.507 e. The second-order valence-corrected chi connectivity index (χ2v) is 6.03. The van der Waals surface area contributed by atoms with E-state index >= 15 is 0 Å². The van der Waals surface area contributed by atoms with E-state index in [1.165, 1.54) is 6.21 Å². The van der Waals surface area contributed by atoms with Gasteiger partial charge in [0.1, 0.15) is 12.2 Å². The molecule has 0 aliphatic heterocycles. The van der Waals surface area contributed by atoms with Crippen LogP contribution < -0.4 is 10.7 Å². The minimum Gasteiger partial charge on any atom is -0.507 e. The number of hydrazone groups is 1. The smallest absolute Gasteiger partial charge is 0.249 e. The third kappa shape index (κ3) is 5.17. The summed E-state index contributed by atoms with van der Waals surface area (Å²) in [7, 11) is 0. The number of amides is 2. The summed E-state index contributed by atoms with van der Waals surface area (Å²) in [6, 6.07) is 11.0. The van der Waals surface area contributed by atoms with Gasteiger partial charge in [0.25, 0.3) is 0 Å². The minimum atomic E-state index is -0.500. The van der Waals surface area contributed by atoms with Gasteiger partial charge in [-0.15, -0.1) is 0 Å². The highest BCUT2D eigenvalue weighted by Crippen LogP contribution is 2.22. The van der Waals surface area contributed by atoms with Crippen molar-refractivity contribution in [2.45, 2.75) is 33.6 Å². The topological polar surface area (TPSA) is 90.8 Å². The summed E-state index contributed by atoms with van der Waals surface area (Å²) in [6.45, 7) is 5.58. The van der Waals surface area contributed by atoms with Crippen molar-refractivity contribution in [3.05, 3.63) is 58.7 Å². The Hall–Kier alpha value is -3.15. The van der Waals surface area contributed by atoms with Gasteiger partial charge in [-0.05, 0) is 60.7 Å². The fraction of sp³-hybridized carbons (Fsp3) is 0.250. The molecule has 2 rings (SSSR count). The summed E-state index contributed by atoms with van der Waals surface area (Å²) < 4.78 is 0. The second-order valence-electron chi connectivity index (χ2n) is 6.03. The first-order chi connectivity index (χ1) is 12.4. The van der Waals surface area contributed by atoms with Crippen LogP contribution >= 0.6 is 0 Å². The number of carbonyl (C=O) groups is 2. The predicted molar refractivity (Wildman–Crippen MR) is 102 cm³/mol. The molecule has 0 unspecified atom stereocenters. The number of anilines is 1. The molecule has 0 fully saturated rings. The lowest BCUT2D eigenvalue weighted by molar-refractivity contribution is -0.126. The Morgan fingerprint density at radius 1 is 1.12 bits per heavy atom. The van der Waals surface area contributed by atoms with Crippen molar-refractivity contribution in [3.8, 4) is 5.75 Å². The van der Waals surface area contributed by atoms with Gasteiger partial charge in [0, 0.05) is 5.69 Å². The van der Waals surface area contributed by atoms with Crippen molar-refractivity contribution in [2.24, 2.45) is 5.10 Å². The minimum absolute atomic E-state index is 0.246. The van der Waals surface area contributed by atoms with Crippen molar-refractivity contribution in [1.82, 2.24) is 5.43 Å². The molecule has 0 atom stereocenters. The van der Waals surface area contributed by atoms with Crippen molar-refractivity contribution in [1.29, 1.82) is 0 Å². The van der Waals surface area contributed by atoms with Crippen molar-refractivity contribution >= 4 is 23.7 Å². The Morgan fingerprint density at radius 3 is 2.42 bits per heavy atom. The number of phenols is 1. The number of phenolic OH excluding ortho intramolecular Hbond substituents is 1. The van der Waals surface area contributed by atoms with Crippen LogP contribution in [0.15, 0.2) is 41.5 Å². The average Bonchev–Trinajstić information content (AvgIpc) is 2.60. The van der Waals surface area contributed by atoms with E-state index in [1.807, 2.05) is 31.2 Å². The van der Waals surface area contributed by atoms with Gasteiger partial charge in [-0.2, -0.15) is 5.10 Å². The second kappa shape index (κ2) is 8.80. The summed E-state index contributed by atoms with van der Waals surface area (Å²) >= 11 is 0. The molecule has 0 aromatic heterocycles. The molecule has 2 amide bonds. The zero-order valence-corrected chi connectivity index (χ0v) is 15.2. The third-order valence-electron chi connectivity index (χ3n) is 3.91. The molecule has 136 valence electrons. The number of nitrogens with one attached hydrogen (secondary N) is 2. The molecule has 0 saturated heterocycles. The van der Waals surface area contributed by atoms with Crippen LogP contribution in [0.5, 0.6) is 5.75 Å². The average molecular weight is 353 g/mol. The highest BCUT2D eigenvalue weighted by atomic mass is 16.3. The first-order valence-electron chi connectivity index (χ1n) is 8.40. The Labute approximate surface area is 152 Å². The van der Waals surface area contributed by atoms with E-state index in [-0.39, 0.29) is 12.2 Å². The summed E-state index contributed by atoms with van der Waals surface area (Å²) in [6.07, 6.45) is 1.95. The maximum Gasteiger partial charge on any atom is 0.249 e. The lowest BCUT2D eigenvalue weighted by Crippen LogP contribution is -2.25. The summed E-state index contributed by atoms with van der Waals surface area (Å²) in [5.41, 5.74) is 6.27. The molecule has 0 saturated carbocycles. The lowest BCUT2D eigenvalue weighted by atomic mass is 10.1. The third-order valence-corrected chi connectivity index (χ3v) is 3.91. The quantitative estimate of drug-likeness (QED) is 0.423. The van der Waals surface area contributed by atoms with E-state index in [2.05, 4.69) is 15.8 Å². The summed E-state index contributed by atoms with van der Waals surface area (Å²) in [4.78, 5) is 23.9. The Morgan fingerprint density at radius 2 is 1.77 bits per heavy atom. The van der Waals surface area contributed by atoms with Crippen LogP contribution in [-0.4, -0.2) is 23.1 Å². The van der Waals surface area contributed by atoms with Crippen molar-refractivity contribution < 1.29 is 14.7 Å². The van der Waals surface area contributed by atoms with Crippen LogP contribution in [0.3, 0.4) is 0 Å². The van der Waals surface area contributed by atoms with Gasteiger partial charge in [0.15, 0.2) is 0 Å². The molecule has 2 aromatic carbocycles. The van der Waals surface area contributed by atoms with Gasteiger partial charge >= 0.3 is 0 Å². The van der Waals surface area contributed by atoms with E-state index in [9.17, 15) is 14.7 Å². The Kier molecular flexibility index (Phi) is 6.49. The molecule has 0 aliphatic rings. The van der Waals surface area contributed by atoms with Crippen LogP contribution in [0, 0.1) is 13.8 Å². The fourth-order valence-electron chi connectivity index (χ4n) is 2.57. The molecule has 3 N–H and O–H groups in total. The fourth-order valence-corrected chi connectivity index (χ4v) is 2.57. The zero-order chi connectivity index (χ0) is 19.1. The molecule has 26 heavy (non-hydrogen) atoms. The van der Waals surface area contributed by atoms with Crippen LogP contribution in [0.2, 0.25) is 0 Å². The monoisotopic (exact) mass is 353 g/mol. The number of hydrogen-bond acceptors (Lipinski definition) is 4. The molecule has 6 nitrogen and oxygen atoms in total. The number of para-hydroxylation sites is 1. The lowest BCUT2D eigenvalue weighted by Gasteiger charge is -2.09. The zero-order valence-electron chi connectivity index (χ0n) is 15.2. The maximum atomic E-state index is 12.0. The van der Waals surface area contributed by atoms with Gasteiger partial charge in [0.2, 0.25) is 11.8 Å². The normalized spacial score (nSPS) is 10.7. The standard InChI is InChI=1S/C20H23N3O3/c1-4-16-7-5-6-8-17(16)22-18(24)11-19(25)23-21-12-15-9-13(2)20(26)14(3)10-15/h5-10,12,26H,4,11H2,1-3H3,(H,22,24)(H,23,25)/b21-12+. The Bertz CT molecular complexity index is 821. The van der Waals surface area contributed by atoms with E-state index < -0.39 is 11.8 Å². The molecule has 0 heterocycles. The number of benzene rings is 2. The predicted octanol–water partition coefficient (Wildman–Crippen LogP) is 3.05. The molecule has 6 heteroatoms. The number of aryl methyl sites for hydroxylation is 3. The van der Waals surface area contributed by atoms with Gasteiger partial charge in [0.05, 0.1) is 6.21 Å². The number of nitrogens with zero attached hydrogens (tertiary/aromatic N) is 1. The molecular weight excluding hydrogens is 330 g/mol. The molecule has 0 aliphatic carbocycles. The number of rotatable bonds is 6. The van der Waals surface area contributed by atoms with Gasteiger partial charge in [-0.25, -0.2) is 5.43 Å². The molecule has 0 bridgehead atoms. The van der Waals surface area contributed by atoms with Crippen LogP contribution in [-0.2, 0) is 16.0 Å². The molecule has 2 aromatic rings. The van der Waals surface area contributed by atoms with E-state index in [4.69, 9.17) is 0 Å². The molecular formula is C20H23N3O3. The van der Waals surface area contributed by atoms with E-state index in [0.717, 1.165) is 28.7 Å². The summed E-state index contributed by atoms with van der Waals surface area (Å²) in [5, 5.41) is 16.3. The van der Waals surface area contributed by atoms with E-state index in [0.29, 0.717) is 5.69 Å². The SMILES string of the molecule is CCc1ccccc1NC(=O)CC(=O)N/N=C/c1cc(C)c(O)c(C)c1.